The minimum atomic E-state index is 0.177. The molecule has 0 bridgehead atoms. The predicted molar refractivity (Wildman–Crippen MR) is 59.3 cm³/mol. The van der Waals surface area contributed by atoms with Gasteiger partial charge in [0, 0.05) is 6.04 Å². The highest BCUT2D eigenvalue weighted by Gasteiger charge is 2.27. The van der Waals surface area contributed by atoms with E-state index in [9.17, 15) is 4.79 Å². The number of Topliss-reactive ketones (excluding diaryl/α,β-unsaturated/α-hetero) is 1. The fourth-order valence-corrected chi connectivity index (χ4v) is 2.39. The SMILES string of the molecule is CN(CC(=O)c1ccc(Cl)s1)C1CC1. The number of nitrogens with zero attached hydrogens (tertiary/aromatic N) is 1. The molecule has 4 heteroatoms. The highest BCUT2D eigenvalue weighted by molar-refractivity contribution is 7.18. The van der Waals surface area contributed by atoms with Gasteiger partial charge < -0.3 is 0 Å². The van der Waals surface area contributed by atoms with E-state index in [1.807, 2.05) is 7.05 Å². The molecule has 1 aromatic heterocycles. The van der Waals surface area contributed by atoms with E-state index in [1.54, 1.807) is 12.1 Å². The van der Waals surface area contributed by atoms with Gasteiger partial charge in [0.25, 0.3) is 0 Å². The Morgan fingerprint density at radius 1 is 1.64 bits per heavy atom. The van der Waals surface area contributed by atoms with Gasteiger partial charge in [-0.05, 0) is 32.0 Å². The van der Waals surface area contributed by atoms with E-state index < -0.39 is 0 Å². The van der Waals surface area contributed by atoms with Gasteiger partial charge in [0.1, 0.15) is 0 Å². The highest BCUT2D eigenvalue weighted by Crippen LogP contribution is 2.26. The number of hydrogen-bond acceptors (Lipinski definition) is 3. The second-order valence-corrected chi connectivity index (χ2v) is 5.39. The van der Waals surface area contributed by atoms with Crippen molar-refractivity contribution in [1.82, 2.24) is 4.90 Å². The predicted octanol–water partition coefficient (Wildman–Crippen LogP) is 2.68. The third kappa shape index (κ3) is 2.35. The largest absolute Gasteiger partial charge is 0.296 e. The fourth-order valence-electron chi connectivity index (χ4n) is 1.41. The molecule has 0 atom stereocenters. The second-order valence-electron chi connectivity index (χ2n) is 3.67. The molecule has 14 heavy (non-hydrogen) atoms. The fraction of sp³-hybridized carbons (Fsp3) is 0.500. The maximum absolute atomic E-state index is 11.7. The minimum absolute atomic E-state index is 0.177. The van der Waals surface area contributed by atoms with Crippen molar-refractivity contribution in [3.8, 4) is 0 Å². The van der Waals surface area contributed by atoms with Crippen LogP contribution in [0.2, 0.25) is 4.34 Å². The lowest BCUT2D eigenvalue weighted by atomic mass is 10.3. The molecule has 0 amide bonds. The van der Waals surface area contributed by atoms with Gasteiger partial charge in [-0.2, -0.15) is 0 Å². The van der Waals surface area contributed by atoms with Crippen molar-refractivity contribution in [2.45, 2.75) is 18.9 Å². The topological polar surface area (TPSA) is 20.3 Å². The number of hydrogen-bond donors (Lipinski definition) is 0. The first-order valence-corrected chi connectivity index (χ1v) is 5.85. The van der Waals surface area contributed by atoms with Crippen LogP contribution in [-0.2, 0) is 0 Å². The molecular formula is C10H12ClNOS. The van der Waals surface area contributed by atoms with Crippen LogP contribution in [0.4, 0.5) is 0 Å². The molecule has 1 aliphatic carbocycles. The van der Waals surface area contributed by atoms with Crippen LogP contribution in [-0.4, -0.2) is 30.3 Å². The molecule has 1 saturated carbocycles. The molecule has 0 radical (unpaired) electrons. The zero-order valence-corrected chi connectivity index (χ0v) is 9.57. The van der Waals surface area contributed by atoms with Crippen LogP contribution >= 0.6 is 22.9 Å². The minimum Gasteiger partial charge on any atom is -0.296 e. The lowest BCUT2D eigenvalue weighted by Gasteiger charge is -2.13. The van der Waals surface area contributed by atoms with Gasteiger partial charge in [-0.3, -0.25) is 9.69 Å². The normalized spacial score (nSPS) is 16.2. The van der Waals surface area contributed by atoms with Crippen molar-refractivity contribution in [3.05, 3.63) is 21.3 Å². The van der Waals surface area contributed by atoms with Crippen LogP contribution in [0.25, 0.3) is 0 Å². The third-order valence-electron chi connectivity index (χ3n) is 2.41. The van der Waals surface area contributed by atoms with Gasteiger partial charge in [-0.25, -0.2) is 0 Å². The Balaban J connectivity index is 1.94. The van der Waals surface area contributed by atoms with E-state index in [4.69, 9.17) is 11.6 Å². The first-order valence-electron chi connectivity index (χ1n) is 4.65. The zero-order valence-electron chi connectivity index (χ0n) is 8.00. The molecule has 0 aliphatic heterocycles. The van der Waals surface area contributed by atoms with Gasteiger partial charge in [0.05, 0.1) is 15.8 Å². The summed E-state index contributed by atoms with van der Waals surface area (Å²) in [6, 6.07) is 4.21. The zero-order chi connectivity index (χ0) is 10.1. The molecule has 0 aromatic carbocycles. The number of carbonyl (C=O) groups is 1. The number of likely N-dealkylation sites (N-methyl/N-ethyl adjacent to an activating group) is 1. The third-order valence-corrected chi connectivity index (χ3v) is 3.68. The summed E-state index contributed by atoms with van der Waals surface area (Å²) in [5.74, 6) is 0.177. The molecule has 0 spiro atoms. The summed E-state index contributed by atoms with van der Waals surface area (Å²) in [6.45, 7) is 0.515. The van der Waals surface area contributed by atoms with E-state index >= 15 is 0 Å². The van der Waals surface area contributed by atoms with Crippen molar-refractivity contribution in [2.24, 2.45) is 0 Å². The molecule has 1 aliphatic rings. The summed E-state index contributed by atoms with van der Waals surface area (Å²) in [7, 11) is 2.00. The summed E-state index contributed by atoms with van der Waals surface area (Å²) in [5, 5.41) is 0. The molecule has 0 N–H and O–H groups in total. The van der Waals surface area contributed by atoms with Crippen molar-refractivity contribution in [2.75, 3.05) is 13.6 Å². The van der Waals surface area contributed by atoms with Crippen LogP contribution in [0.5, 0.6) is 0 Å². The number of ketones is 1. The van der Waals surface area contributed by atoms with Crippen molar-refractivity contribution in [1.29, 1.82) is 0 Å². The second kappa shape index (κ2) is 4.01. The molecule has 2 rings (SSSR count). The number of thiophene rings is 1. The van der Waals surface area contributed by atoms with E-state index in [2.05, 4.69) is 4.90 Å². The van der Waals surface area contributed by atoms with E-state index in [1.165, 1.54) is 24.2 Å². The molecular weight excluding hydrogens is 218 g/mol. The van der Waals surface area contributed by atoms with Crippen molar-refractivity contribution in [3.63, 3.8) is 0 Å². The average Bonchev–Trinajstić information content (AvgIpc) is 2.89. The monoisotopic (exact) mass is 229 g/mol. The summed E-state index contributed by atoms with van der Waals surface area (Å²) in [5.41, 5.74) is 0. The van der Waals surface area contributed by atoms with Crippen LogP contribution in [0, 0.1) is 0 Å². The molecule has 76 valence electrons. The molecule has 2 nitrogen and oxygen atoms in total. The molecule has 1 fully saturated rings. The Hall–Kier alpha value is -0.380. The summed E-state index contributed by atoms with van der Waals surface area (Å²) in [4.78, 5) is 14.6. The van der Waals surface area contributed by atoms with Gasteiger partial charge in [0.15, 0.2) is 5.78 Å². The van der Waals surface area contributed by atoms with E-state index in [0.29, 0.717) is 16.9 Å². The van der Waals surface area contributed by atoms with Crippen LogP contribution in [0.1, 0.15) is 22.5 Å². The van der Waals surface area contributed by atoms with E-state index in [-0.39, 0.29) is 5.78 Å². The lowest BCUT2D eigenvalue weighted by molar-refractivity contribution is 0.0946. The standard InChI is InChI=1S/C10H12ClNOS/c1-12(7-2-3-7)6-8(13)9-4-5-10(11)14-9/h4-5,7H,2-3,6H2,1H3. The molecule has 1 aromatic rings. The van der Waals surface area contributed by atoms with Crippen LogP contribution in [0.15, 0.2) is 12.1 Å². The van der Waals surface area contributed by atoms with Gasteiger partial charge in [-0.1, -0.05) is 11.6 Å². The lowest BCUT2D eigenvalue weighted by Crippen LogP contribution is -2.27. The Morgan fingerprint density at radius 3 is 2.86 bits per heavy atom. The summed E-state index contributed by atoms with van der Waals surface area (Å²) >= 11 is 7.13. The van der Waals surface area contributed by atoms with E-state index in [0.717, 1.165) is 4.88 Å². The maximum Gasteiger partial charge on any atom is 0.186 e. The highest BCUT2D eigenvalue weighted by atomic mass is 35.5. The van der Waals surface area contributed by atoms with Gasteiger partial charge in [-0.15, -0.1) is 11.3 Å². The molecule has 1 heterocycles. The summed E-state index contributed by atoms with van der Waals surface area (Å²) in [6.07, 6.45) is 2.46. The number of halogens is 1. The van der Waals surface area contributed by atoms with Crippen LogP contribution in [0.3, 0.4) is 0 Å². The number of carbonyl (C=O) groups excluding carboxylic acids is 1. The average molecular weight is 230 g/mol. The quantitative estimate of drug-likeness (QED) is 0.740. The molecule has 0 unspecified atom stereocenters. The van der Waals surface area contributed by atoms with Gasteiger partial charge in [0.2, 0.25) is 0 Å². The Labute approximate surface area is 92.5 Å². The first-order chi connectivity index (χ1) is 6.66. The number of rotatable bonds is 4. The summed E-state index contributed by atoms with van der Waals surface area (Å²) < 4.78 is 0.683. The molecule has 0 saturated heterocycles. The van der Waals surface area contributed by atoms with Crippen LogP contribution < -0.4 is 0 Å². The smallest absolute Gasteiger partial charge is 0.186 e. The Morgan fingerprint density at radius 2 is 2.36 bits per heavy atom. The Kier molecular flexibility index (Phi) is 2.91. The van der Waals surface area contributed by atoms with Gasteiger partial charge >= 0.3 is 0 Å². The first kappa shape index (κ1) is 10.1. The van der Waals surface area contributed by atoms with Crippen molar-refractivity contribution >= 4 is 28.7 Å². The van der Waals surface area contributed by atoms with Crippen molar-refractivity contribution < 1.29 is 4.79 Å². The maximum atomic E-state index is 11.7. The Bertz CT molecular complexity index is 346.